The molecule has 162 valence electrons. The van der Waals surface area contributed by atoms with Gasteiger partial charge in [0.05, 0.1) is 19.9 Å². The molecule has 1 fully saturated rings. The number of hydrogen-bond donors (Lipinski definition) is 0. The molecule has 0 bridgehead atoms. The van der Waals surface area contributed by atoms with E-state index in [-0.39, 0.29) is 18.7 Å². The molecule has 2 aliphatic rings. The van der Waals surface area contributed by atoms with Gasteiger partial charge in [0, 0.05) is 24.7 Å². The number of fused-ring (bicyclic) bond motifs is 2. The highest BCUT2D eigenvalue weighted by Gasteiger charge is 2.65. The van der Waals surface area contributed by atoms with Gasteiger partial charge in [-0.1, -0.05) is 35.9 Å². The summed E-state index contributed by atoms with van der Waals surface area (Å²) in [7, 11) is 4.07. The van der Waals surface area contributed by atoms with Gasteiger partial charge in [-0.2, -0.15) is 0 Å². The first-order valence-electron chi connectivity index (χ1n) is 9.92. The van der Waals surface area contributed by atoms with Crippen LogP contribution in [0.15, 0.2) is 48.5 Å². The van der Waals surface area contributed by atoms with Crippen LogP contribution in [0.5, 0.6) is 0 Å². The Morgan fingerprint density at radius 2 is 1.65 bits per heavy atom. The number of esters is 2. The van der Waals surface area contributed by atoms with Gasteiger partial charge in [0.25, 0.3) is 11.5 Å². The fourth-order valence-corrected chi connectivity index (χ4v) is 4.48. The number of rotatable bonds is 3. The van der Waals surface area contributed by atoms with Crippen LogP contribution >= 0.6 is 0 Å². The molecule has 0 saturated carbocycles. The molecule has 8 nitrogen and oxygen atoms in total. The molecule has 1 saturated heterocycles. The topological polar surface area (TPSA) is 85.4 Å². The molecule has 2 aromatic rings. The second kappa shape index (κ2) is 7.39. The predicted octanol–water partition coefficient (Wildman–Crippen LogP) is 2.48. The molecule has 1 spiro atoms. The third-order valence-corrected chi connectivity index (χ3v) is 6.07. The van der Waals surface area contributed by atoms with Gasteiger partial charge in [-0.05, 0) is 31.5 Å². The summed E-state index contributed by atoms with van der Waals surface area (Å²) in [6.07, 6.45) is 0.0639. The van der Waals surface area contributed by atoms with Crippen LogP contribution in [-0.4, -0.2) is 44.7 Å². The molecule has 4 rings (SSSR count). The number of amides is 1. The number of carbonyl (C=O) groups is 3. The van der Waals surface area contributed by atoms with Crippen LogP contribution < -0.4 is 9.96 Å². The predicted molar refractivity (Wildman–Crippen MR) is 112 cm³/mol. The van der Waals surface area contributed by atoms with Crippen molar-refractivity contribution in [2.75, 3.05) is 31.2 Å². The van der Waals surface area contributed by atoms with Gasteiger partial charge in [0.1, 0.15) is 0 Å². The molecule has 8 heteroatoms. The van der Waals surface area contributed by atoms with E-state index in [0.717, 1.165) is 16.8 Å². The average Bonchev–Trinajstić information content (AvgIpc) is 3.01. The monoisotopic (exact) mass is 424 g/mol. The van der Waals surface area contributed by atoms with Crippen molar-refractivity contribution in [1.82, 2.24) is 0 Å². The Morgan fingerprint density at radius 3 is 2.26 bits per heavy atom. The normalized spacial score (nSPS) is 21.7. The van der Waals surface area contributed by atoms with E-state index in [2.05, 4.69) is 0 Å². The third kappa shape index (κ3) is 2.82. The van der Waals surface area contributed by atoms with E-state index in [4.69, 9.17) is 14.3 Å². The Morgan fingerprint density at radius 1 is 1.00 bits per heavy atom. The average molecular weight is 424 g/mol. The van der Waals surface area contributed by atoms with Crippen LogP contribution in [0.4, 0.5) is 11.4 Å². The molecule has 1 amide bonds. The molecule has 0 aromatic heterocycles. The maximum Gasteiger partial charge on any atom is 0.352 e. The van der Waals surface area contributed by atoms with Gasteiger partial charge >= 0.3 is 11.9 Å². The van der Waals surface area contributed by atoms with Crippen molar-refractivity contribution in [1.29, 1.82) is 0 Å². The highest BCUT2D eigenvalue weighted by molar-refractivity contribution is 6.10. The summed E-state index contributed by atoms with van der Waals surface area (Å²) in [5, 5.41) is 1.38. The van der Waals surface area contributed by atoms with Crippen molar-refractivity contribution < 1.29 is 28.7 Å². The molecule has 2 heterocycles. The van der Waals surface area contributed by atoms with Crippen molar-refractivity contribution in [3.05, 3.63) is 59.7 Å². The summed E-state index contributed by atoms with van der Waals surface area (Å²) < 4.78 is 9.80. The lowest BCUT2D eigenvalue weighted by atomic mass is 9.79. The van der Waals surface area contributed by atoms with Crippen LogP contribution in [0.1, 0.15) is 24.0 Å². The molecule has 1 unspecified atom stereocenters. The van der Waals surface area contributed by atoms with Gasteiger partial charge in [-0.3, -0.25) is 4.79 Å². The first-order chi connectivity index (χ1) is 14.8. The van der Waals surface area contributed by atoms with Crippen LogP contribution in [0.2, 0.25) is 0 Å². The molecule has 31 heavy (non-hydrogen) atoms. The second-order valence-electron chi connectivity index (χ2n) is 7.78. The third-order valence-electron chi connectivity index (χ3n) is 6.07. The number of anilines is 2. The molecule has 2 aliphatic heterocycles. The number of aryl methyl sites for hydroxylation is 1. The van der Waals surface area contributed by atoms with Crippen molar-refractivity contribution in [3.8, 4) is 0 Å². The standard InChI is InChI=1S/C23H24N2O6/c1-15-10-11-18-17(14-15)22(19(26)24(18)2)12-13-23(20(27)29-3,21(28)30-4)31-25(22)16-8-6-5-7-9-16/h5-11,14H,12-13H2,1-4H3. The fraction of sp³-hybridized carbons (Fsp3) is 0.348. The minimum absolute atomic E-state index is 0.0807. The summed E-state index contributed by atoms with van der Waals surface area (Å²) in [6, 6.07) is 14.7. The van der Waals surface area contributed by atoms with Gasteiger partial charge in [-0.25, -0.2) is 19.5 Å². The van der Waals surface area contributed by atoms with Crippen LogP contribution in [0.3, 0.4) is 0 Å². The molecule has 1 atom stereocenters. The van der Waals surface area contributed by atoms with Crippen LogP contribution in [0.25, 0.3) is 0 Å². The summed E-state index contributed by atoms with van der Waals surface area (Å²) in [5.41, 5.74) is -0.252. The Kier molecular flexibility index (Phi) is 4.97. The summed E-state index contributed by atoms with van der Waals surface area (Å²) in [4.78, 5) is 46.9. The lowest BCUT2D eigenvalue weighted by molar-refractivity contribution is -0.204. The largest absolute Gasteiger partial charge is 0.466 e. The molecule has 0 N–H and O–H groups in total. The van der Waals surface area contributed by atoms with Gasteiger partial charge in [0.2, 0.25) is 0 Å². The Hall–Kier alpha value is -3.39. The Bertz CT molecular complexity index is 1040. The van der Waals surface area contributed by atoms with E-state index in [1.807, 2.05) is 31.2 Å². The molecule has 2 aromatic carbocycles. The van der Waals surface area contributed by atoms with Crippen LogP contribution in [0, 0.1) is 6.92 Å². The first-order valence-corrected chi connectivity index (χ1v) is 9.92. The number of carbonyl (C=O) groups excluding carboxylic acids is 3. The quantitative estimate of drug-likeness (QED) is 0.553. The summed E-state index contributed by atoms with van der Waals surface area (Å²) in [6.45, 7) is 1.94. The Labute approximate surface area is 180 Å². The highest BCUT2D eigenvalue weighted by Crippen LogP contribution is 2.53. The summed E-state index contributed by atoms with van der Waals surface area (Å²) >= 11 is 0. The molecule has 0 aliphatic carbocycles. The number of methoxy groups -OCH3 is 2. The van der Waals surface area contributed by atoms with Gasteiger partial charge in [0.15, 0.2) is 5.54 Å². The minimum Gasteiger partial charge on any atom is -0.466 e. The zero-order chi connectivity index (χ0) is 22.4. The number of hydrogen-bond acceptors (Lipinski definition) is 7. The smallest absolute Gasteiger partial charge is 0.352 e. The van der Waals surface area contributed by atoms with E-state index in [1.165, 1.54) is 19.3 Å². The van der Waals surface area contributed by atoms with Crippen molar-refractivity contribution in [3.63, 3.8) is 0 Å². The maximum atomic E-state index is 13.7. The highest BCUT2D eigenvalue weighted by atomic mass is 16.7. The number of ether oxygens (including phenoxy) is 2. The number of para-hydroxylation sites is 1. The van der Waals surface area contributed by atoms with Crippen LogP contribution in [-0.2, 0) is 34.2 Å². The lowest BCUT2D eigenvalue weighted by Crippen LogP contribution is -2.65. The maximum absolute atomic E-state index is 13.7. The lowest BCUT2D eigenvalue weighted by Gasteiger charge is -2.48. The van der Waals surface area contributed by atoms with Gasteiger partial charge in [-0.15, -0.1) is 0 Å². The Balaban J connectivity index is 1.95. The zero-order valence-corrected chi connectivity index (χ0v) is 17.9. The van der Waals surface area contributed by atoms with Gasteiger partial charge < -0.3 is 14.4 Å². The molecular weight excluding hydrogens is 400 g/mol. The number of likely N-dealkylation sites (N-methyl/N-ethyl adjacent to an activating group) is 1. The molecular formula is C23H24N2O6. The van der Waals surface area contributed by atoms with Crippen molar-refractivity contribution in [2.45, 2.75) is 30.9 Å². The summed E-state index contributed by atoms with van der Waals surface area (Å²) in [5.74, 6) is -1.96. The minimum atomic E-state index is -2.02. The number of benzene rings is 2. The number of hydroxylamine groups is 1. The molecule has 0 radical (unpaired) electrons. The van der Waals surface area contributed by atoms with E-state index >= 15 is 0 Å². The van der Waals surface area contributed by atoms with Crippen molar-refractivity contribution >= 4 is 29.2 Å². The number of nitrogens with zero attached hydrogens (tertiary/aromatic N) is 2. The first kappa shape index (κ1) is 20.9. The fourth-order valence-electron chi connectivity index (χ4n) is 4.48. The van der Waals surface area contributed by atoms with E-state index < -0.39 is 23.1 Å². The second-order valence-corrected chi connectivity index (χ2v) is 7.78. The van der Waals surface area contributed by atoms with E-state index in [1.54, 1.807) is 36.2 Å². The zero-order valence-electron chi connectivity index (χ0n) is 17.9. The van der Waals surface area contributed by atoms with E-state index in [0.29, 0.717) is 5.69 Å². The van der Waals surface area contributed by atoms with E-state index in [9.17, 15) is 14.4 Å². The SMILES string of the molecule is COC(=O)C1(C(=O)OC)CCC2(C(=O)N(C)c3ccc(C)cc32)N(c2ccccc2)O1. The van der Waals surface area contributed by atoms with Crippen molar-refractivity contribution in [2.24, 2.45) is 0 Å².